The second-order valence-corrected chi connectivity index (χ2v) is 10.3. The van der Waals surface area contributed by atoms with Crippen LogP contribution in [0.5, 0.6) is 11.5 Å². The molecular weight excluding hydrogens is 463 g/mol. The lowest BCUT2D eigenvalue weighted by molar-refractivity contribution is -0.0428. The van der Waals surface area contributed by atoms with E-state index in [1.807, 2.05) is 35.9 Å². The van der Waals surface area contributed by atoms with Crippen LogP contribution in [0, 0.1) is 0 Å². The Kier molecular flexibility index (Phi) is 4.58. The molecule has 0 spiro atoms. The first kappa shape index (κ1) is 20.9. The summed E-state index contributed by atoms with van der Waals surface area (Å²) in [4.78, 5) is -0.436. The fraction of sp³-hybridized carbons (Fsp3) is 0.182. The number of sulfone groups is 1. The number of fused-ring (bicyclic) bond motifs is 5. The molecule has 0 saturated heterocycles. The number of thiophene rings is 1. The van der Waals surface area contributed by atoms with Crippen LogP contribution in [0.15, 0.2) is 53.4 Å². The third-order valence-corrected chi connectivity index (χ3v) is 8.34. The van der Waals surface area contributed by atoms with Gasteiger partial charge in [0.2, 0.25) is 0 Å². The van der Waals surface area contributed by atoms with E-state index in [4.69, 9.17) is 9.47 Å². The van der Waals surface area contributed by atoms with Gasteiger partial charge in [-0.1, -0.05) is 30.3 Å². The van der Waals surface area contributed by atoms with Gasteiger partial charge in [0.25, 0.3) is 9.84 Å². The normalized spacial score (nSPS) is 14.7. The number of rotatable bonds is 3. The van der Waals surface area contributed by atoms with Gasteiger partial charge in [-0.2, -0.15) is 13.2 Å². The number of hydrogen-bond acceptors (Lipinski definition) is 5. The molecule has 0 atom stereocenters. The van der Waals surface area contributed by atoms with E-state index in [9.17, 15) is 21.6 Å². The topological polar surface area (TPSA) is 57.5 Å². The minimum atomic E-state index is -5.61. The Morgan fingerprint density at radius 3 is 2.44 bits per heavy atom. The summed E-state index contributed by atoms with van der Waals surface area (Å²) >= 11 is 1.23. The number of aryl methyl sites for hydroxylation is 1. The van der Waals surface area contributed by atoms with Gasteiger partial charge in [-0.05, 0) is 23.8 Å². The van der Waals surface area contributed by atoms with Crippen LogP contribution in [0.1, 0.15) is 10.4 Å². The van der Waals surface area contributed by atoms with Crippen molar-refractivity contribution in [3.63, 3.8) is 0 Å². The van der Waals surface area contributed by atoms with Crippen molar-refractivity contribution in [1.82, 2.24) is 4.57 Å². The Bertz CT molecular complexity index is 1510. The van der Waals surface area contributed by atoms with E-state index >= 15 is 0 Å². The maximum Gasteiger partial charge on any atom is 0.501 e. The predicted octanol–water partition coefficient (Wildman–Crippen LogP) is 5.49. The minimum absolute atomic E-state index is 0.0107. The summed E-state index contributed by atoms with van der Waals surface area (Å²) in [6.45, 7) is -0.705. The van der Waals surface area contributed by atoms with Gasteiger partial charge < -0.3 is 14.0 Å². The molecule has 0 saturated carbocycles. The summed E-state index contributed by atoms with van der Waals surface area (Å²) < 4.78 is 79.1. The van der Waals surface area contributed by atoms with E-state index in [1.165, 1.54) is 18.4 Å². The van der Waals surface area contributed by atoms with Crippen LogP contribution in [0.3, 0.4) is 0 Å². The highest BCUT2D eigenvalue weighted by molar-refractivity contribution is 7.96. The number of alkyl halides is 3. The molecule has 0 bridgehead atoms. The molecule has 2 aromatic carbocycles. The molecule has 0 amide bonds. The molecule has 0 radical (unpaired) electrons. The number of ether oxygens (including phenoxy) is 2. The van der Waals surface area contributed by atoms with Crippen molar-refractivity contribution in [2.75, 3.05) is 13.7 Å². The molecule has 166 valence electrons. The van der Waals surface area contributed by atoms with E-state index in [1.54, 1.807) is 24.3 Å². The molecule has 0 unspecified atom stereocenters. The van der Waals surface area contributed by atoms with Gasteiger partial charge >= 0.3 is 5.51 Å². The lowest BCUT2D eigenvalue weighted by Gasteiger charge is -2.23. The first-order chi connectivity index (χ1) is 15.1. The maximum absolute atomic E-state index is 13.5. The molecule has 1 aliphatic rings. The van der Waals surface area contributed by atoms with Crippen molar-refractivity contribution in [2.45, 2.75) is 5.51 Å². The van der Waals surface area contributed by atoms with Crippen LogP contribution in [0.4, 0.5) is 13.2 Å². The molecule has 2 aromatic heterocycles. The van der Waals surface area contributed by atoms with Crippen molar-refractivity contribution >= 4 is 47.9 Å². The molecule has 5 nitrogen and oxygen atoms in total. The third-order valence-electron chi connectivity index (χ3n) is 5.55. The fourth-order valence-electron chi connectivity index (χ4n) is 4.01. The number of nitrogens with zero attached hydrogens (tertiary/aromatic N) is 1. The third kappa shape index (κ3) is 2.86. The fourth-order valence-corrected chi connectivity index (χ4v) is 6.46. The van der Waals surface area contributed by atoms with Crippen LogP contribution in [0.2, 0.25) is 0 Å². The van der Waals surface area contributed by atoms with Gasteiger partial charge in [0.05, 0.1) is 16.7 Å². The van der Waals surface area contributed by atoms with Crippen molar-refractivity contribution in [2.24, 2.45) is 7.05 Å². The monoisotopic (exact) mass is 479 g/mol. The Balaban J connectivity index is 1.86. The van der Waals surface area contributed by atoms with E-state index in [2.05, 4.69) is 0 Å². The molecule has 0 N–H and O–H groups in total. The Morgan fingerprint density at radius 1 is 1.09 bits per heavy atom. The smallest absolute Gasteiger partial charge is 0.497 e. The molecule has 10 heteroatoms. The number of para-hydroxylation sites is 1. The lowest BCUT2D eigenvalue weighted by Crippen LogP contribution is -2.29. The quantitative estimate of drug-likeness (QED) is 0.390. The first-order valence-electron chi connectivity index (χ1n) is 9.47. The summed E-state index contributed by atoms with van der Waals surface area (Å²) in [5.41, 5.74) is -3.42. The zero-order valence-electron chi connectivity index (χ0n) is 16.9. The zero-order valence-corrected chi connectivity index (χ0v) is 18.5. The number of halogens is 3. The Labute approximate surface area is 185 Å². The van der Waals surface area contributed by atoms with Crippen LogP contribution in [-0.2, 0) is 16.9 Å². The Hall–Kier alpha value is -2.98. The van der Waals surface area contributed by atoms with Crippen LogP contribution in [0.25, 0.3) is 26.7 Å². The first-order valence-corrected chi connectivity index (χ1v) is 11.8. The van der Waals surface area contributed by atoms with E-state index in [-0.39, 0.29) is 5.57 Å². The van der Waals surface area contributed by atoms with Crippen molar-refractivity contribution < 1.29 is 31.1 Å². The molecule has 0 aliphatic carbocycles. The second-order valence-electron chi connectivity index (χ2n) is 7.28. The summed E-state index contributed by atoms with van der Waals surface area (Å²) in [6, 6.07) is 13.9. The Morgan fingerprint density at radius 2 is 1.78 bits per heavy atom. The van der Waals surface area contributed by atoms with Crippen LogP contribution < -0.4 is 9.47 Å². The minimum Gasteiger partial charge on any atom is -0.497 e. The molecule has 4 aromatic rings. The molecule has 3 heterocycles. The standard InChI is InChI=1S/C22H16F3NO4S2/c1-26-15-6-4-3-5-14(15)20-18(26)19-21(31-20)17(12-7-9-13(29-2)10-8-12)16(11-30-19)32(27,28)22(23,24)25/h3-10H,11H2,1-2H3. The SMILES string of the molecule is COc1ccc(C2=C(S(=O)(=O)C(F)(F)F)COc3c2sc2c4ccccc4n(C)c32)cc1. The van der Waals surface area contributed by atoms with Gasteiger partial charge in [0, 0.05) is 23.5 Å². The molecule has 5 rings (SSSR count). The number of hydrogen-bond donors (Lipinski definition) is 0. The van der Waals surface area contributed by atoms with Gasteiger partial charge in [0.15, 0.2) is 5.75 Å². The molecular formula is C22H16F3NO4S2. The highest BCUT2D eigenvalue weighted by Crippen LogP contribution is 2.52. The van der Waals surface area contributed by atoms with E-state index in [0.717, 1.165) is 21.1 Å². The summed E-state index contributed by atoms with van der Waals surface area (Å²) in [7, 11) is -2.29. The molecule has 1 aliphatic heterocycles. The van der Waals surface area contributed by atoms with Gasteiger partial charge in [0.1, 0.15) is 22.8 Å². The van der Waals surface area contributed by atoms with E-state index < -0.39 is 26.9 Å². The number of benzene rings is 2. The maximum atomic E-state index is 13.5. The summed E-state index contributed by atoms with van der Waals surface area (Å²) in [5, 5.41) is 0.919. The number of aromatic nitrogens is 1. The van der Waals surface area contributed by atoms with Crippen molar-refractivity contribution in [3.05, 3.63) is 63.9 Å². The summed E-state index contributed by atoms with van der Waals surface area (Å²) in [6.07, 6.45) is 0. The molecule has 0 fully saturated rings. The van der Waals surface area contributed by atoms with Gasteiger partial charge in [-0.15, -0.1) is 11.3 Å². The zero-order chi connectivity index (χ0) is 22.8. The van der Waals surface area contributed by atoms with Crippen molar-refractivity contribution in [1.29, 1.82) is 0 Å². The molecule has 32 heavy (non-hydrogen) atoms. The van der Waals surface area contributed by atoms with Gasteiger partial charge in [-0.3, -0.25) is 0 Å². The predicted molar refractivity (Wildman–Crippen MR) is 118 cm³/mol. The average Bonchev–Trinajstić information content (AvgIpc) is 3.28. The lowest BCUT2D eigenvalue weighted by atomic mass is 10.0. The van der Waals surface area contributed by atoms with Crippen LogP contribution in [-0.4, -0.2) is 32.2 Å². The second kappa shape index (κ2) is 7.01. The van der Waals surface area contributed by atoms with E-state index in [0.29, 0.717) is 21.9 Å². The average molecular weight is 480 g/mol. The van der Waals surface area contributed by atoms with Crippen LogP contribution >= 0.6 is 11.3 Å². The van der Waals surface area contributed by atoms with Crippen molar-refractivity contribution in [3.8, 4) is 11.5 Å². The highest BCUT2D eigenvalue weighted by Gasteiger charge is 2.51. The highest BCUT2D eigenvalue weighted by atomic mass is 32.2. The number of methoxy groups -OCH3 is 1. The largest absolute Gasteiger partial charge is 0.501 e. The van der Waals surface area contributed by atoms with Gasteiger partial charge in [-0.25, -0.2) is 8.42 Å². The summed E-state index contributed by atoms with van der Waals surface area (Å²) in [5.74, 6) is 0.889.